The predicted molar refractivity (Wildman–Crippen MR) is 92.4 cm³/mol. The van der Waals surface area contributed by atoms with Gasteiger partial charge in [-0.15, -0.1) is 0 Å². The summed E-state index contributed by atoms with van der Waals surface area (Å²) < 4.78 is 1.66. The number of carbonyl (C=O) groups is 1. The third-order valence-corrected chi connectivity index (χ3v) is 3.52. The van der Waals surface area contributed by atoms with Crippen LogP contribution >= 0.6 is 0 Å². The van der Waals surface area contributed by atoms with Crippen molar-refractivity contribution >= 4 is 17.8 Å². The Labute approximate surface area is 139 Å². The minimum absolute atomic E-state index is 0.214. The zero-order valence-electron chi connectivity index (χ0n) is 14.4. The molecule has 0 saturated carbocycles. The van der Waals surface area contributed by atoms with Crippen molar-refractivity contribution in [3.05, 3.63) is 33.4 Å². The Kier molecular flexibility index (Phi) is 5.56. The lowest BCUT2D eigenvalue weighted by Crippen LogP contribution is -2.33. The molecule has 2 amide bonds. The molecule has 9 heteroatoms. The van der Waals surface area contributed by atoms with E-state index in [1.54, 1.807) is 18.7 Å². The van der Waals surface area contributed by atoms with Crippen LogP contribution in [0, 0.1) is 13.8 Å². The van der Waals surface area contributed by atoms with Crippen LogP contribution in [0.2, 0.25) is 0 Å². The van der Waals surface area contributed by atoms with Gasteiger partial charge in [0.05, 0.1) is 5.69 Å². The highest BCUT2D eigenvalue weighted by atomic mass is 16.2. The summed E-state index contributed by atoms with van der Waals surface area (Å²) in [7, 11) is 1.79. The third-order valence-electron chi connectivity index (χ3n) is 3.52. The highest BCUT2D eigenvalue weighted by Gasteiger charge is 2.13. The van der Waals surface area contributed by atoms with Gasteiger partial charge in [0.25, 0.3) is 5.56 Å². The lowest BCUT2D eigenvalue weighted by atomic mass is 10.2. The zero-order valence-corrected chi connectivity index (χ0v) is 14.4. The van der Waals surface area contributed by atoms with Crippen molar-refractivity contribution in [2.24, 2.45) is 7.05 Å². The number of hydrogen-bond acceptors (Lipinski definition) is 5. The lowest BCUT2D eigenvalue weighted by molar-refractivity contribution is 0.252. The average molecular weight is 333 g/mol. The summed E-state index contributed by atoms with van der Waals surface area (Å²) in [6, 6.07) is 1.11. The fraction of sp³-hybridized carbons (Fsp3) is 0.467. The number of aromatic nitrogens is 4. The predicted octanol–water partition coefficient (Wildman–Crippen LogP) is 0.916. The van der Waals surface area contributed by atoms with Gasteiger partial charge in [-0.25, -0.2) is 9.78 Å². The first-order chi connectivity index (χ1) is 11.4. The van der Waals surface area contributed by atoms with E-state index < -0.39 is 0 Å². The molecule has 2 heterocycles. The summed E-state index contributed by atoms with van der Waals surface area (Å²) in [6.45, 7) is 6.51. The Bertz CT molecular complexity index is 779. The topological polar surface area (TPSA) is 117 Å². The van der Waals surface area contributed by atoms with Gasteiger partial charge in [-0.05, 0) is 20.3 Å². The van der Waals surface area contributed by atoms with Crippen LogP contribution in [-0.4, -0.2) is 38.9 Å². The maximum atomic E-state index is 12.0. The van der Waals surface area contributed by atoms with E-state index in [1.165, 1.54) is 6.07 Å². The van der Waals surface area contributed by atoms with Gasteiger partial charge >= 0.3 is 6.03 Å². The molecule has 0 saturated heterocycles. The molecule has 2 rings (SSSR count). The monoisotopic (exact) mass is 333 g/mol. The molecule has 0 unspecified atom stereocenters. The van der Waals surface area contributed by atoms with E-state index in [0.717, 1.165) is 17.7 Å². The molecule has 0 aromatic carbocycles. The van der Waals surface area contributed by atoms with E-state index in [4.69, 9.17) is 0 Å². The van der Waals surface area contributed by atoms with Crippen LogP contribution in [0.4, 0.5) is 16.6 Å². The Morgan fingerprint density at radius 3 is 2.71 bits per heavy atom. The molecule has 2 aromatic heterocycles. The Hall–Kier alpha value is -2.84. The Morgan fingerprint density at radius 2 is 2.08 bits per heavy atom. The number of nitrogens with zero attached hydrogens (tertiary/aromatic N) is 3. The molecule has 0 fully saturated rings. The number of H-pyrrole nitrogens is 1. The smallest absolute Gasteiger partial charge is 0.320 e. The quantitative estimate of drug-likeness (QED) is 0.586. The molecule has 0 radical (unpaired) electrons. The molecule has 0 aliphatic heterocycles. The van der Waals surface area contributed by atoms with E-state index in [2.05, 4.69) is 31.0 Å². The van der Waals surface area contributed by atoms with Crippen LogP contribution in [0.25, 0.3) is 0 Å². The molecule has 0 atom stereocenters. The van der Waals surface area contributed by atoms with Gasteiger partial charge in [0.2, 0.25) is 5.95 Å². The van der Waals surface area contributed by atoms with Crippen LogP contribution in [-0.2, 0) is 13.5 Å². The molecule has 9 nitrogen and oxygen atoms in total. The number of anilines is 2. The minimum Gasteiger partial charge on any atom is -0.354 e. The first-order valence-electron chi connectivity index (χ1n) is 7.80. The number of aromatic amines is 1. The van der Waals surface area contributed by atoms with Crippen molar-refractivity contribution in [1.29, 1.82) is 0 Å². The largest absolute Gasteiger partial charge is 0.354 e. The van der Waals surface area contributed by atoms with Gasteiger partial charge in [0.15, 0.2) is 0 Å². The van der Waals surface area contributed by atoms with E-state index in [1.807, 2.05) is 13.8 Å². The van der Waals surface area contributed by atoms with Gasteiger partial charge in [0.1, 0.15) is 5.82 Å². The van der Waals surface area contributed by atoms with Gasteiger partial charge in [-0.3, -0.25) is 19.8 Å². The number of nitrogens with one attached hydrogen (secondary N) is 4. The Morgan fingerprint density at radius 1 is 1.33 bits per heavy atom. The second-order valence-electron chi connectivity index (χ2n) is 5.44. The van der Waals surface area contributed by atoms with Crippen LogP contribution in [0.3, 0.4) is 0 Å². The van der Waals surface area contributed by atoms with Crippen LogP contribution in [0.15, 0.2) is 10.9 Å². The van der Waals surface area contributed by atoms with Gasteiger partial charge in [-0.1, -0.05) is 6.92 Å². The summed E-state index contributed by atoms with van der Waals surface area (Å²) in [4.78, 5) is 30.0. The molecule has 4 N–H and O–H groups in total. The molecular formula is C15H23N7O2. The first-order valence-corrected chi connectivity index (χ1v) is 7.80. The van der Waals surface area contributed by atoms with Gasteiger partial charge in [0, 0.05) is 37.5 Å². The number of aryl methyl sites for hydroxylation is 3. The fourth-order valence-corrected chi connectivity index (χ4v) is 2.37. The summed E-state index contributed by atoms with van der Waals surface area (Å²) in [5.74, 6) is 1.07. The summed E-state index contributed by atoms with van der Waals surface area (Å²) in [5, 5.41) is 12.8. The Balaban J connectivity index is 1.81. The SMILES string of the molecule is CCc1nn(C)c(NC(=O)NCCNc2nc(C)cc(=O)[nH]2)c1C. The van der Waals surface area contributed by atoms with Crippen LogP contribution in [0.1, 0.15) is 23.9 Å². The molecule has 0 spiro atoms. The van der Waals surface area contributed by atoms with Crippen molar-refractivity contribution in [3.8, 4) is 0 Å². The van der Waals surface area contributed by atoms with E-state index in [0.29, 0.717) is 30.5 Å². The fourth-order valence-electron chi connectivity index (χ4n) is 2.37. The van der Waals surface area contributed by atoms with Crippen molar-refractivity contribution < 1.29 is 4.79 Å². The highest BCUT2D eigenvalue weighted by molar-refractivity contribution is 5.89. The number of amides is 2. The maximum Gasteiger partial charge on any atom is 0.320 e. The summed E-state index contributed by atoms with van der Waals surface area (Å²) in [6.07, 6.45) is 0.814. The van der Waals surface area contributed by atoms with Crippen molar-refractivity contribution in [1.82, 2.24) is 25.1 Å². The average Bonchev–Trinajstić information content (AvgIpc) is 2.78. The molecule has 0 aliphatic rings. The van der Waals surface area contributed by atoms with E-state index >= 15 is 0 Å². The normalized spacial score (nSPS) is 10.5. The van der Waals surface area contributed by atoms with Crippen LogP contribution < -0.4 is 21.5 Å². The standard InChI is InChI=1S/C15H23N7O2/c1-5-11-10(3)13(22(4)21-11)20-15(24)17-7-6-16-14-18-9(2)8-12(23)19-14/h8H,5-7H2,1-4H3,(H2,17,20,24)(H2,16,18,19,23). The summed E-state index contributed by atoms with van der Waals surface area (Å²) in [5.41, 5.74) is 2.35. The first kappa shape index (κ1) is 17.5. The van der Waals surface area contributed by atoms with Gasteiger partial charge in [-0.2, -0.15) is 5.10 Å². The number of rotatable bonds is 6. The van der Waals surface area contributed by atoms with E-state index in [9.17, 15) is 9.59 Å². The zero-order chi connectivity index (χ0) is 17.7. The number of carbonyl (C=O) groups excluding carboxylic acids is 1. The second kappa shape index (κ2) is 7.62. The molecule has 0 bridgehead atoms. The molecule has 130 valence electrons. The molecule has 2 aromatic rings. The molecular weight excluding hydrogens is 310 g/mol. The second-order valence-corrected chi connectivity index (χ2v) is 5.44. The lowest BCUT2D eigenvalue weighted by Gasteiger charge is -2.10. The highest BCUT2D eigenvalue weighted by Crippen LogP contribution is 2.17. The maximum absolute atomic E-state index is 12.0. The summed E-state index contributed by atoms with van der Waals surface area (Å²) >= 11 is 0. The van der Waals surface area contributed by atoms with Crippen molar-refractivity contribution in [2.45, 2.75) is 27.2 Å². The van der Waals surface area contributed by atoms with Crippen molar-refractivity contribution in [3.63, 3.8) is 0 Å². The molecule has 0 aliphatic carbocycles. The minimum atomic E-state index is -0.309. The van der Waals surface area contributed by atoms with E-state index in [-0.39, 0.29) is 11.6 Å². The number of urea groups is 1. The van der Waals surface area contributed by atoms with Gasteiger partial charge < -0.3 is 10.6 Å². The third kappa shape index (κ3) is 4.34. The molecule has 24 heavy (non-hydrogen) atoms. The number of hydrogen-bond donors (Lipinski definition) is 4. The van der Waals surface area contributed by atoms with Crippen LogP contribution in [0.5, 0.6) is 0 Å². The van der Waals surface area contributed by atoms with Crippen molar-refractivity contribution in [2.75, 3.05) is 23.7 Å².